The Morgan fingerprint density at radius 3 is 2.67 bits per heavy atom. The number of nitrogens with zero attached hydrogens (tertiary/aromatic N) is 2. The number of ether oxygens (including phenoxy) is 1. The maximum absolute atomic E-state index is 11.9. The molecule has 1 amide bonds. The number of carbonyl (C=O) groups is 1. The molecule has 0 aromatic carbocycles. The van der Waals surface area contributed by atoms with E-state index in [1.54, 1.807) is 12.3 Å². The molecular formula is C18H28IN3O2. The van der Waals surface area contributed by atoms with E-state index in [0.29, 0.717) is 12.4 Å². The second kappa shape index (κ2) is 8.36. The molecule has 1 aromatic heterocycles. The third kappa shape index (κ3) is 6.45. The second-order valence-electron chi connectivity index (χ2n) is 7.31. The zero-order valence-electron chi connectivity index (χ0n) is 17.5. The smallest absolute Gasteiger partial charge is 0.407 e. The highest BCUT2D eigenvalue weighted by Crippen LogP contribution is 2.26. The van der Waals surface area contributed by atoms with Gasteiger partial charge in [0.15, 0.2) is 0 Å². The van der Waals surface area contributed by atoms with Gasteiger partial charge in [0.25, 0.3) is 0 Å². The Bertz CT molecular complexity index is 624. The molecule has 6 heteroatoms. The fourth-order valence-corrected chi connectivity index (χ4v) is 3.16. The number of hydrogen-bond donors (Lipinski definition) is 1. The van der Waals surface area contributed by atoms with Crippen LogP contribution in [0.15, 0.2) is 18.3 Å². The molecule has 1 heterocycles. The average Bonchev–Trinajstić information content (AvgIpc) is 2.52. The minimum absolute atomic E-state index is 0.0775. The third-order valence-electron chi connectivity index (χ3n) is 4.00. The first-order valence-corrected chi connectivity index (χ1v) is 9.40. The third-order valence-corrected chi connectivity index (χ3v) is 4.63. The predicted octanol–water partition coefficient (Wildman–Crippen LogP) is 4.21. The Morgan fingerprint density at radius 1 is 1.42 bits per heavy atom. The maximum atomic E-state index is 11.9. The minimum atomic E-state index is -2.23. The zero-order valence-corrected chi connectivity index (χ0v) is 16.7. The SMILES string of the molecule is [2H]C([2H])([2H])N(C[C@H]1CC[C@H](NC(=O)OC(C)(C)C)CC1)c1ccc(I)cn1. The number of nitrogens with one attached hydrogen (secondary N) is 1. The standard InChI is InChI=1S/C18H28IN3O2/c1-18(2,3)24-17(23)21-15-8-5-13(6-9-15)12-22(4)16-10-7-14(19)11-20-16/h7,10-11,13,15H,5-6,8-9,12H2,1-4H3,(H,21,23)/t13-,15-/i4D3. The Labute approximate surface area is 162 Å². The lowest BCUT2D eigenvalue weighted by atomic mass is 9.86. The molecule has 1 aliphatic rings. The predicted molar refractivity (Wildman–Crippen MR) is 105 cm³/mol. The molecular weight excluding hydrogens is 417 g/mol. The largest absolute Gasteiger partial charge is 0.444 e. The number of amides is 1. The van der Waals surface area contributed by atoms with Crippen LogP contribution < -0.4 is 10.2 Å². The minimum Gasteiger partial charge on any atom is -0.444 e. The van der Waals surface area contributed by atoms with Gasteiger partial charge < -0.3 is 15.0 Å². The average molecular weight is 448 g/mol. The Kier molecular flexibility index (Phi) is 5.30. The molecule has 1 N–H and O–H groups in total. The summed E-state index contributed by atoms with van der Waals surface area (Å²) in [7, 11) is 0. The van der Waals surface area contributed by atoms with Gasteiger partial charge in [-0.15, -0.1) is 0 Å². The van der Waals surface area contributed by atoms with Gasteiger partial charge in [-0.25, -0.2) is 9.78 Å². The normalized spacial score (nSPS) is 23.6. The number of anilines is 1. The summed E-state index contributed by atoms with van der Waals surface area (Å²) in [6.45, 7) is 3.72. The lowest BCUT2D eigenvalue weighted by Gasteiger charge is -2.32. The summed E-state index contributed by atoms with van der Waals surface area (Å²) in [5, 5.41) is 2.92. The fraction of sp³-hybridized carbons (Fsp3) is 0.667. The van der Waals surface area contributed by atoms with Crippen molar-refractivity contribution in [3.63, 3.8) is 0 Å². The Balaban J connectivity index is 1.90. The van der Waals surface area contributed by atoms with E-state index in [1.165, 1.54) is 4.90 Å². The molecule has 1 aromatic rings. The number of pyridine rings is 1. The second-order valence-corrected chi connectivity index (χ2v) is 8.55. The van der Waals surface area contributed by atoms with Crippen molar-refractivity contribution in [3.05, 3.63) is 21.9 Å². The first-order chi connectivity index (χ1) is 12.4. The van der Waals surface area contributed by atoms with Crippen molar-refractivity contribution < 1.29 is 13.6 Å². The number of alkyl carbamates (subject to hydrolysis) is 1. The molecule has 24 heavy (non-hydrogen) atoms. The molecule has 0 radical (unpaired) electrons. The van der Waals surface area contributed by atoms with Gasteiger partial charge in [0.2, 0.25) is 0 Å². The van der Waals surface area contributed by atoms with E-state index in [-0.39, 0.29) is 12.0 Å². The topological polar surface area (TPSA) is 54.5 Å². The van der Waals surface area contributed by atoms with Crippen molar-refractivity contribution >= 4 is 34.5 Å². The quantitative estimate of drug-likeness (QED) is 0.702. The van der Waals surface area contributed by atoms with Gasteiger partial charge >= 0.3 is 6.09 Å². The van der Waals surface area contributed by atoms with E-state index in [4.69, 9.17) is 8.85 Å². The summed E-state index contributed by atoms with van der Waals surface area (Å²) in [4.78, 5) is 17.6. The van der Waals surface area contributed by atoms with E-state index in [1.807, 2.05) is 26.8 Å². The number of carbonyl (C=O) groups excluding carboxylic acids is 1. The summed E-state index contributed by atoms with van der Waals surface area (Å²) in [5.74, 6) is 0.729. The van der Waals surface area contributed by atoms with Crippen molar-refractivity contribution in [1.82, 2.24) is 10.3 Å². The van der Waals surface area contributed by atoms with Crippen LogP contribution in [0.3, 0.4) is 0 Å². The van der Waals surface area contributed by atoms with Gasteiger partial charge in [-0.05, 0) is 87.1 Å². The van der Waals surface area contributed by atoms with Gasteiger partial charge in [0.05, 0.1) is 0 Å². The van der Waals surface area contributed by atoms with Gasteiger partial charge in [0, 0.05) is 33.4 Å². The van der Waals surface area contributed by atoms with Crippen molar-refractivity contribution in [1.29, 1.82) is 0 Å². The molecule has 1 saturated carbocycles. The van der Waals surface area contributed by atoms with Crippen LogP contribution in [-0.4, -0.2) is 36.2 Å². The highest BCUT2D eigenvalue weighted by molar-refractivity contribution is 14.1. The van der Waals surface area contributed by atoms with Crippen LogP contribution in [0, 0.1) is 9.49 Å². The molecule has 0 bridgehead atoms. The van der Waals surface area contributed by atoms with Crippen molar-refractivity contribution in [3.8, 4) is 0 Å². The maximum Gasteiger partial charge on any atom is 0.407 e. The van der Waals surface area contributed by atoms with Crippen molar-refractivity contribution in [2.24, 2.45) is 5.92 Å². The monoisotopic (exact) mass is 448 g/mol. The molecule has 1 aliphatic carbocycles. The molecule has 0 saturated heterocycles. The van der Waals surface area contributed by atoms with Crippen LogP contribution in [-0.2, 0) is 4.74 Å². The number of halogens is 1. The highest BCUT2D eigenvalue weighted by Gasteiger charge is 2.25. The van der Waals surface area contributed by atoms with Crippen LogP contribution in [0.2, 0.25) is 0 Å². The summed E-state index contributed by atoms with van der Waals surface area (Å²) in [6.07, 6.45) is 4.64. The molecule has 0 unspecified atom stereocenters. The fourth-order valence-electron chi connectivity index (χ4n) is 2.84. The van der Waals surface area contributed by atoms with E-state index < -0.39 is 18.7 Å². The molecule has 0 atom stereocenters. The summed E-state index contributed by atoms with van der Waals surface area (Å²) >= 11 is 2.15. The molecule has 1 fully saturated rings. The summed E-state index contributed by atoms with van der Waals surface area (Å²) in [6, 6.07) is 3.70. The van der Waals surface area contributed by atoms with E-state index in [0.717, 1.165) is 29.3 Å². The number of aromatic nitrogens is 1. The van der Waals surface area contributed by atoms with Gasteiger partial charge in [-0.2, -0.15) is 0 Å². The molecule has 5 nitrogen and oxygen atoms in total. The van der Waals surface area contributed by atoms with Crippen molar-refractivity contribution in [2.75, 3.05) is 18.4 Å². The van der Waals surface area contributed by atoms with E-state index in [9.17, 15) is 4.79 Å². The highest BCUT2D eigenvalue weighted by atomic mass is 127. The first kappa shape index (κ1) is 15.2. The van der Waals surface area contributed by atoms with Crippen molar-refractivity contribution in [2.45, 2.75) is 58.1 Å². The van der Waals surface area contributed by atoms with Gasteiger partial charge in [-0.1, -0.05) is 0 Å². The van der Waals surface area contributed by atoms with Gasteiger partial charge in [0.1, 0.15) is 11.4 Å². The summed E-state index contributed by atoms with van der Waals surface area (Å²) < 4.78 is 29.8. The zero-order chi connectivity index (χ0) is 20.2. The molecule has 134 valence electrons. The molecule has 2 rings (SSSR count). The van der Waals surface area contributed by atoms with Crippen LogP contribution in [0.1, 0.15) is 50.6 Å². The van der Waals surface area contributed by atoms with Crippen LogP contribution >= 0.6 is 22.6 Å². The number of hydrogen-bond acceptors (Lipinski definition) is 4. The molecule has 0 aliphatic heterocycles. The van der Waals surface area contributed by atoms with Crippen LogP contribution in [0.4, 0.5) is 10.6 Å². The molecule has 0 spiro atoms. The Morgan fingerprint density at radius 2 is 2.12 bits per heavy atom. The lowest BCUT2D eigenvalue weighted by molar-refractivity contribution is 0.0488. The van der Waals surface area contributed by atoms with E-state index >= 15 is 0 Å². The first-order valence-electron chi connectivity index (χ1n) is 9.83. The van der Waals surface area contributed by atoms with Crippen LogP contribution in [0.25, 0.3) is 0 Å². The van der Waals surface area contributed by atoms with Crippen LogP contribution in [0.5, 0.6) is 0 Å². The number of rotatable bonds is 4. The van der Waals surface area contributed by atoms with E-state index in [2.05, 4.69) is 32.9 Å². The van der Waals surface area contributed by atoms with Gasteiger partial charge in [-0.3, -0.25) is 0 Å². The Hall–Kier alpha value is -1.05. The lowest BCUT2D eigenvalue weighted by Crippen LogP contribution is -2.42. The summed E-state index contributed by atoms with van der Waals surface area (Å²) in [5.41, 5.74) is -0.512.